The second-order valence-corrected chi connectivity index (χ2v) is 8.25. The number of carbonyl (C=O) groups excluding carboxylic acids is 1. The molecule has 0 spiro atoms. The second-order valence-electron chi connectivity index (χ2n) is 4.24. The highest BCUT2D eigenvalue weighted by atomic mass is 79.9. The van der Waals surface area contributed by atoms with Crippen molar-refractivity contribution in [1.82, 2.24) is 0 Å². The molecule has 0 saturated carbocycles. The number of ether oxygens (including phenoxy) is 1. The van der Waals surface area contributed by atoms with Gasteiger partial charge >= 0.3 is 5.97 Å². The average Bonchev–Trinajstić information content (AvgIpc) is 2.34. The van der Waals surface area contributed by atoms with E-state index >= 15 is 0 Å². The molecule has 104 valence electrons. The van der Waals surface area contributed by atoms with Crippen LogP contribution >= 0.6 is 63.7 Å². The van der Waals surface area contributed by atoms with Gasteiger partial charge in [-0.1, -0.05) is 76.7 Å². The van der Waals surface area contributed by atoms with Crippen LogP contribution in [0.15, 0.2) is 10.6 Å². The third kappa shape index (κ3) is 4.91. The zero-order chi connectivity index (χ0) is 13.7. The largest absolute Gasteiger partial charge is 0.461 e. The van der Waals surface area contributed by atoms with Gasteiger partial charge in [0.2, 0.25) is 0 Å². The molecule has 1 aliphatic carbocycles. The summed E-state index contributed by atoms with van der Waals surface area (Å²) in [6, 6.07) is 0. The molecule has 0 radical (unpaired) electrons. The van der Waals surface area contributed by atoms with E-state index in [4.69, 9.17) is 4.74 Å². The Morgan fingerprint density at radius 2 is 2.06 bits per heavy atom. The Balaban J connectivity index is 2.72. The summed E-state index contributed by atoms with van der Waals surface area (Å²) >= 11 is 14.5. The molecule has 4 unspecified atom stereocenters. The minimum atomic E-state index is -0.110. The maximum atomic E-state index is 11.6. The van der Waals surface area contributed by atoms with Gasteiger partial charge in [0.1, 0.15) is 6.10 Å². The summed E-state index contributed by atoms with van der Waals surface area (Å²) in [5.41, 5.74) is 0. The van der Waals surface area contributed by atoms with Crippen molar-refractivity contribution < 1.29 is 9.53 Å². The number of hydrogen-bond acceptors (Lipinski definition) is 2. The molecule has 1 rings (SSSR count). The predicted molar refractivity (Wildman–Crippen MR) is 89.2 cm³/mol. The van der Waals surface area contributed by atoms with E-state index in [-0.39, 0.29) is 26.6 Å². The Labute approximate surface area is 142 Å². The SMILES string of the molecule is CCCC(=O)OC1CCC=C(Br)C(Br)C(Br)C1Br. The van der Waals surface area contributed by atoms with Gasteiger partial charge in [-0.3, -0.25) is 4.79 Å². The fourth-order valence-corrected chi connectivity index (χ4v) is 4.83. The van der Waals surface area contributed by atoms with E-state index in [0.717, 1.165) is 23.7 Å². The number of esters is 1. The summed E-state index contributed by atoms with van der Waals surface area (Å²) < 4.78 is 6.68. The van der Waals surface area contributed by atoms with E-state index in [1.165, 1.54) is 0 Å². The number of alkyl halides is 3. The van der Waals surface area contributed by atoms with Gasteiger partial charge in [-0.15, -0.1) is 0 Å². The highest BCUT2D eigenvalue weighted by Crippen LogP contribution is 2.36. The van der Waals surface area contributed by atoms with Crippen LogP contribution in [0.2, 0.25) is 0 Å². The normalized spacial score (nSPS) is 33.3. The first-order valence-corrected chi connectivity index (χ1v) is 9.48. The molecular formula is C12H16Br4O2. The van der Waals surface area contributed by atoms with Crippen molar-refractivity contribution in [1.29, 1.82) is 0 Å². The number of hydrogen-bond donors (Lipinski definition) is 0. The van der Waals surface area contributed by atoms with Gasteiger partial charge in [-0.05, 0) is 19.3 Å². The van der Waals surface area contributed by atoms with Gasteiger partial charge in [0.15, 0.2) is 0 Å². The lowest BCUT2D eigenvalue weighted by Crippen LogP contribution is -2.38. The van der Waals surface area contributed by atoms with Crippen molar-refractivity contribution >= 4 is 69.7 Å². The topological polar surface area (TPSA) is 26.3 Å². The highest BCUT2D eigenvalue weighted by molar-refractivity contribution is 9.15. The zero-order valence-electron chi connectivity index (χ0n) is 10.0. The highest BCUT2D eigenvalue weighted by Gasteiger charge is 2.34. The fraction of sp³-hybridized carbons (Fsp3) is 0.750. The maximum Gasteiger partial charge on any atom is 0.306 e. The molecule has 2 nitrogen and oxygen atoms in total. The fourth-order valence-electron chi connectivity index (χ4n) is 1.73. The molecule has 0 N–H and O–H groups in total. The summed E-state index contributed by atoms with van der Waals surface area (Å²) in [7, 11) is 0. The minimum absolute atomic E-state index is 0.0870. The van der Waals surface area contributed by atoms with Crippen LogP contribution in [0.3, 0.4) is 0 Å². The van der Waals surface area contributed by atoms with Crippen molar-refractivity contribution in [3.63, 3.8) is 0 Å². The molecule has 18 heavy (non-hydrogen) atoms. The van der Waals surface area contributed by atoms with Crippen molar-refractivity contribution in [2.75, 3.05) is 0 Å². The Morgan fingerprint density at radius 3 is 2.67 bits per heavy atom. The molecule has 1 aliphatic rings. The molecular weight excluding hydrogens is 496 g/mol. The molecule has 6 heteroatoms. The van der Waals surface area contributed by atoms with E-state index in [9.17, 15) is 4.79 Å². The third-order valence-electron chi connectivity index (χ3n) is 2.73. The van der Waals surface area contributed by atoms with Crippen LogP contribution in [0.1, 0.15) is 32.6 Å². The van der Waals surface area contributed by atoms with E-state index < -0.39 is 0 Å². The molecule has 0 aromatic heterocycles. The standard InChI is InChI=1S/C12H16Br4O2/c1-2-4-9(17)18-8-6-3-5-7(13)10(14)12(16)11(8)15/h5,8,10-12H,2-4,6H2,1H3. The number of allylic oxidation sites excluding steroid dienone is 2. The van der Waals surface area contributed by atoms with Gasteiger partial charge in [-0.2, -0.15) is 0 Å². The van der Waals surface area contributed by atoms with Crippen LogP contribution in [0.4, 0.5) is 0 Å². The van der Waals surface area contributed by atoms with E-state index in [2.05, 4.69) is 69.8 Å². The number of carbonyl (C=O) groups is 1. The summed E-state index contributed by atoms with van der Waals surface area (Å²) in [6.45, 7) is 1.98. The second kappa shape index (κ2) is 8.42. The third-order valence-corrected chi connectivity index (χ3v) is 8.90. The smallest absolute Gasteiger partial charge is 0.306 e. The van der Waals surface area contributed by atoms with Gasteiger partial charge in [0.25, 0.3) is 0 Å². The van der Waals surface area contributed by atoms with Gasteiger partial charge in [0, 0.05) is 15.7 Å². The van der Waals surface area contributed by atoms with Crippen LogP contribution in [-0.4, -0.2) is 26.6 Å². The van der Waals surface area contributed by atoms with Crippen molar-refractivity contribution in [2.45, 2.75) is 53.2 Å². The lowest BCUT2D eigenvalue weighted by molar-refractivity contribution is -0.149. The Kier molecular flexibility index (Phi) is 8.04. The van der Waals surface area contributed by atoms with Crippen molar-refractivity contribution in [3.05, 3.63) is 10.6 Å². The summed E-state index contributed by atoms with van der Waals surface area (Å²) in [5.74, 6) is -0.110. The summed E-state index contributed by atoms with van der Waals surface area (Å²) in [6.07, 6.45) is 5.08. The number of halogens is 4. The molecule has 0 aliphatic heterocycles. The number of rotatable bonds is 3. The Hall–Kier alpha value is 1.13. The van der Waals surface area contributed by atoms with E-state index in [1.54, 1.807) is 0 Å². The maximum absolute atomic E-state index is 11.6. The van der Waals surface area contributed by atoms with Crippen molar-refractivity contribution in [3.8, 4) is 0 Å². The zero-order valence-corrected chi connectivity index (χ0v) is 16.4. The molecule has 4 atom stereocenters. The Bertz CT molecular complexity index is 319. The quantitative estimate of drug-likeness (QED) is 0.391. The van der Waals surface area contributed by atoms with E-state index in [1.807, 2.05) is 6.92 Å². The lowest BCUT2D eigenvalue weighted by Gasteiger charge is -2.30. The van der Waals surface area contributed by atoms with Gasteiger partial charge in [-0.25, -0.2) is 0 Å². The van der Waals surface area contributed by atoms with E-state index in [0.29, 0.717) is 6.42 Å². The average molecular weight is 512 g/mol. The first-order chi connectivity index (χ1) is 8.47. The molecule has 0 saturated heterocycles. The monoisotopic (exact) mass is 508 g/mol. The lowest BCUT2D eigenvalue weighted by atomic mass is 10.0. The van der Waals surface area contributed by atoms with Gasteiger partial charge in [0.05, 0.1) is 9.65 Å². The van der Waals surface area contributed by atoms with Gasteiger partial charge < -0.3 is 4.74 Å². The van der Waals surface area contributed by atoms with Crippen LogP contribution in [0, 0.1) is 0 Å². The van der Waals surface area contributed by atoms with Crippen LogP contribution in [0.25, 0.3) is 0 Å². The summed E-state index contributed by atoms with van der Waals surface area (Å²) in [5, 5.41) is 0. The first-order valence-electron chi connectivity index (χ1n) is 5.94. The predicted octanol–water partition coefficient (Wildman–Crippen LogP) is 5.06. The molecule has 0 aromatic rings. The molecule has 0 bridgehead atoms. The summed E-state index contributed by atoms with van der Waals surface area (Å²) in [4.78, 5) is 12.0. The molecule has 0 amide bonds. The molecule has 0 heterocycles. The minimum Gasteiger partial charge on any atom is -0.461 e. The van der Waals surface area contributed by atoms with Crippen LogP contribution in [0.5, 0.6) is 0 Å². The molecule has 0 aromatic carbocycles. The van der Waals surface area contributed by atoms with Crippen LogP contribution < -0.4 is 0 Å². The van der Waals surface area contributed by atoms with Crippen molar-refractivity contribution in [2.24, 2.45) is 0 Å². The Morgan fingerprint density at radius 1 is 1.39 bits per heavy atom. The molecule has 0 fully saturated rings. The first kappa shape index (κ1) is 17.2. The van der Waals surface area contributed by atoms with Crippen LogP contribution in [-0.2, 0) is 9.53 Å².